The smallest absolute Gasteiger partial charge is 0.255 e. The molecule has 2 saturated heterocycles. The molecule has 0 spiro atoms. The van der Waals surface area contributed by atoms with E-state index < -0.39 is 0 Å². The molecule has 0 radical (unpaired) electrons. The lowest BCUT2D eigenvalue weighted by Crippen LogP contribution is -2.39. The number of rotatable bonds is 3. The Bertz CT molecular complexity index is 666. The van der Waals surface area contributed by atoms with E-state index in [1.807, 2.05) is 34.8 Å². The van der Waals surface area contributed by atoms with Crippen molar-refractivity contribution in [2.75, 3.05) is 13.1 Å². The molecule has 0 saturated carbocycles. The van der Waals surface area contributed by atoms with Gasteiger partial charge in [-0.1, -0.05) is 0 Å². The Labute approximate surface area is 134 Å². The summed E-state index contributed by atoms with van der Waals surface area (Å²) in [7, 11) is 1.95. The monoisotopic (exact) mass is 316 g/mol. The maximum Gasteiger partial charge on any atom is 0.255 e. The third kappa shape index (κ3) is 2.36. The van der Waals surface area contributed by atoms with Gasteiger partial charge >= 0.3 is 0 Å². The number of hydrogen-bond acceptors (Lipinski definition) is 4. The van der Waals surface area contributed by atoms with Crippen LogP contribution in [0.4, 0.5) is 0 Å². The van der Waals surface area contributed by atoms with E-state index in [0.29, 0.717) is 12.1 Å². The van der Waals surface area contributed by atoms with Gasteiger partial charge in [-0.3, -0.25) is 14.4 Å². The summed E-state index contributed by atoms with van der Waals surface area (Å²) in [4.78, 5) is 17.2. The van der Waals surface area contributed by atoms with Crippen LogP contribution in [-0.4, -0.2) is 50.7 Å². The number of nitrogens with zero attached hydrogens (tertiary/aromatic N) is 4. The van der Waals surface area contributed by atoms with E-state index in [1.165, 1.54) is 5.56 Å². The van der Waals surface area contributed by atoms with Gasteiger partial charge in [0, 0.05) is 55.9 Å². The minimum absolute atomic E-state index is 0.206. The Morgan fingerprint density at radius 2 is 2.23 bits per heavy atom. The van der Waals surface area contributed by atoms with E-state index in [-0.39, 0.29) is 5.91 Å². The molecule has 2 atom stereocenters. The van der Waals surface area contributed by atoms with Crippen molar-refractivity contribution in [2.45, 2.75) is 31.5 Å². The quantitative estimate of drug-likeness (QED) is 0.869. The summed E-state index contributed by atoms with van der Waals surface area (Å²) in [5, 5.41) is 8.18. The van der Waals surface area contributed by atoms with Crippen LogP contribution in [0.5, 0.6) is 0 Å². The lowest BCUT2D eigenvalue weighted by Gasteiger charge is -2.25. The predicted octanol–water partition coefficient (Wildman–Crippen LogP) is 1.97. The molecule has 0 aliphatic carbocycles. The summed E-state index contributed by atoms with van der Waals surface area (Å²) in [6.45, 7) is 2.89. The maximum absolute atomic E-state index is 12.6. The SMILES string of the molecule is Cn1cc(CN2CC[C@@H]3[C@@H]2CCN3C(=O)c2ccsc2)cn1. The number of likely N-dealkylation sites (tertiary alicyclic amines) is 2. The second-order valence-corrected chi connectivity index (χ2v) is 7.00. The lowest BCUT2D eigenvalue weighted by atomic mass is 10.1. The van der Waals surface area contributed by atoms with E-state index in [2.05, 4.69) is 21.1 Å². The van der Waals surface area contributed by atoms with Crippen molar-refractivity contribution in [3.63, 3.8) is 0 Å². The second-order valence-electron chi connectivity index (χ2n) is 6.22. The van der Waals surface area contributed by atoms with E-state index in [4.69, 9.17) is 0 Å². The highest BCUT2D eigenvalue weighted by Gasteiger charge is 2.44. The zero-order valence-corrected chi connectivity index (χ0v) is 13.5. The molecule has 2 aromatic rings. The van der Waals surface area contributed by atoms with Gasteiger partial charge in [0.05, 0.1) is 11.8 Å². The third-order valence-electron chi connectivity index (χ3n) is 4.86. The van der Waals surface area contributed by atoms with Gasteiger partial charge in [-0.05, 0) is 24.3 Å². The molecule has 1 amide bonds. The Balaban J connectivity index is 1.46. The molecule has 0 bridgehead atoms. The molecule has 0 N–H and O–H groups in total. The molecule has 2 aliphatic rings. The minimum atomic E-state index is 0.206. The van der Waals surface area contributed by atoms with Crippen molar-refractivity contribution in [2.24, 2.45) is 7.05 Å². The Kier molecular flexibility index (Phi) is 3.50. The van der Waals surface area contributed by atoms with Crippen LogP contribution >= 0.6 is 11.3 Å². The van der Waals surface area contributed by atoms with Crippen molar-refractivity contribution in [3.05, 3.63) is 40.3 Å². The van der Waals surface area contributed by atoms with E-state index in [9.17, 15) is 4.79 Å². The fourth-order valence-electron chi connectivity index (χ4n) is 3.86. The summed E-state index contributed by atoms with van der Waals surface area (Å²) in [5.74, 6) is 0.206. The molecule has 2 aromatic heterocycles. The Morgan fingerprint density at radius 1 is 1.36 bits per heavy atom. The van der Waals surface area contributed by atoms with Crippen LogP contribution in [0.2, 0.25) is 0 Å². The summed E-state index contributed by atoms with van der Waals surface area (Å²) in [5.41, 5.74) is 2.10. The first-order valence-electron chi connectivity index (χ1n) is 7.77. The molecule has 0 unspecified atom stereocenters. The molecule has 0 aromatic carbocycles. The molecule has 6 heteroatoms. The topological polar surface area (TPSA) is 41.4 Å². The van der Waals surface area contributed by atoms with E-state index in [1.54, 1.807) is 11.3 Å². The van der Waals surface area contributed by atoms with Gasteiger partial charge in [0.1, 0.15) is 0 Å². The number of hydrogen-bond donors (Lipinski definition) is 0. The zero-order valence-electron chi connectivity index (χ0n) is 12.7. The highest BCUT2D eigenvalue weighted by atomic mass is 32.1. The lowest BCUT2D eigenvalue weighted by molar-refractivity contribution is 0.0732. The average Bonchev–Trinajstić information content (AvgIpc) is 3.24. The van der Waals surface area contributed by atoms with Crippen molar-refractivity contribution in [1.82, 2.24) is 19.6 Å². The molecule has 4 rings (SSSR count). The van der Waals surface area contributed by atoms with Gasteiger partial charge in [0.2, 0.25) is 0 Å². The number of carbonyl (C=O) groups excluding carboxylic acids is 1. The van der Waals surface area contributed by atoms with E-state index >= 15 is 0 Å². The van der Waals surface area contributed by atoms with Crippen LogP contribution in [0.3, 0.4) is 0 Å². The Morgan fingerprint density at radius 3 is 2.95 bits per heavy atom. The highest BCUT2D eigenvalue weighted by Crippen LogP contribution is 2.33. The molecule has 2 fully saturated rings. The minimum Gasteiger partial charge on any atom is -0.334 e. The van der Waals surface area contributed by atoms with Gasteiger partial charge in [0.15, 0.2) is 0 Å². The van der Waals surface area contributed by atoms with Crippen LogP contribution in [0.15, 0.2) is 29.2 Å². The number of thiophene rings is 1. The molecule has 116 valence electrons. The van der Waals surface area contributed by atoms with Gasteiger partial charge < -0.3 is 4.90 Å². The van der Waals surface area contributed by atoms with Crippen LogP contribution in [0.1, 0.15) is 28.8 Å². The number of amides is 1. The molecule has 2 aliphatic heterocycles. The van der Waals surface area contributed by atoms with E-state index in [0.717, 1.165) is 38.0 Å². The number of carbonyl (C=O) groups is 1. The zero-order chi connectivity index (χ0) is 15.1. The highest BCUT2D eigenvalue weighted by molar-refractivity contribution is 7.08. The largest absolute Gasteiger partial charge is 0.334 e. The van der Waals surface area contributed by atoms with Crippen LogP contribution in [0.25, 0.3) is 0 Å². The predicted molar refractivity (Wildman–Crippen MR) is 85.8 cm³/mol. The molecular formula is C16H20N4OS. The third-order valence-corrected chi connectivity index (χ3v) is 5.55. The summed E-state index contributed by atoms with van der Waals surface area (Å²) in [6, 6.07) is 2.81. The standard InChI is InChI=1S/C16H20N4OS/c1-18-9-12(8-17-18)10-19-5-2-15-14(19)3-6-20(15)16(21)13-4-7-22-11-13/h4,7-9,11,14-15H,2-3,5-6,10H2,1H3/t14-,15+/m0/s1. The van der Waals surface area contributed by atoms with Gasteiger partial charge in [-0.15, -0.1) is 0 Å². The number of aryl methyl sites for hydroxylation is 1. The first-order valence-corrected chi connectivity index (χ1v) is 8.71. The summed E-state index contributed by atoms with van der Waals surface area (Å²) < 4.78 is 1.85. The maximum atomic E-state index is 12.6. The number of fused-ring (bicyclic) bond motifs is 1. The molecule has 5 nitrogen and oxygen atoms in total. The first kappa shape index (κ1) is 14.0. The molecular weight excluding hydrogens is 296 g/mol. The summed E-state index contributed by atoms with van der Waals surface area (Å²) in [6.07, 6.45) is 6.19. The van der Waals surface area contributed by atoms with Crippen molar-refractivity contribution in [1.29, 1.82) is 0 Å². The fraction of sp³-hybridized carbons (Fsp3) is 0.500. The van der Waals surface area contributed by atoms with Crippen molar-refractivity contribution in [3.8, 4) is 0 Å². The van der Waals surface area contributed by atoms with Crippen LogP contribution < -0.4 is 0 Å². The Hall–Kier alpha value is -1.66. The van der Waals surface area contributed by atoms with Gasteiger partial charge in [-0.2, -0.15) is 16.4 Å². The summed E-state index contributed by atoms with van der Waals surface area (Å²) >= 11 is 1.59. The van der Waals surface area contributed by atoms with Crippen molar-refractivity contribution >= 4 is 17.2 Å². The molecule has 22 heavy (non-hydrogen) atoms. The van der Waals surface area contributed by atoms with Crippen molar-refractivity contribution < 1.29 is 4.79 Å². The average molecular weight is 316 g/mol. The van der Waals surface area contributed by atoms with Gasteiger partial charge in [-0.25, -0.2) is 0 Å². The van der Waals surface area contributed by atoms with Crippen LogP contribution in [-0.2, 0) is 13.6 Å². The number of aromatic nitrogens is 2. The first-order chi connectivity index (χ1) is 10.7. The second kappa shape index (κ2) is 5.52. The van der Waals surface area contributed by atoms with Gasteiger partial charge in [0.25, 0.3) is 5.91 Å². The van der Waals surface area contributed by atoms with Crippen LogP contribution in [0, 0.1) is 0 Å². The molecule has 4 heterocycles. The fourth-order valence-corrected chi connectivity index (χ4v) is 4.49. The normalized spacial score (nSPS) is 24.9.